The monoisotopic (exact) mass is 418 g/mol. The molecule has 1 aromatic heterocycles. The summed E-state index contributed by atoms with van der Waals surface area (Å²) in [5.74, 6) is -0.460. The molecule has 0 fully saturated rings. The van der Waals surface area contributed by atoms with Gasteiger partial charge in [0.1, 0.15) is 0 Å². The van der Waals surface area contributed by atoms with E-state index in [2.05, 4.69) is 26.9 Å². The van der Waals surface area contributed by atoms with Gasteiger partial charge in [0.2, 0.25) is 6.54 Å². The Labute approximate surface area is 172 Å². The Hall–Kier alpha value is -3.19. The maximum absolute atomic E-state index is 13.1. The summed E-state index contributed by atoms with van der Waals surface area (Å²) in [4.78, 5) is 12.2. The van der Waals surface area contributed by atoms with Gasteiger partial charge in [-0.05, 0) is 29.7 Å². The summed E-state index contributed by atoms with van der Waals surface area (Å²) >= 11 is 0. The fraction of sp³-hybridized carbons (Fsp3) is 0.143. The second-order valence-corrected chi connectivity index (χ2v) is 6.42. The van der Waals surface area contributed by atoms with E-state index < -0.39 is 6.29 Å². The molecule has 0 atom stereocenters. The number of carbonyl (C=O) groups is 1. The average molecular weight is 419 g/mol. The predicted molar refractivity (Wildman–Crippen MR) is 97.2 cm³/mol. The first-order valence-corrected chi connectivity index (χ1v) is 8.68. The average Bonchev–Trinajstić information content (AvgIpc) is 2.97. The highest BCUT2D eigenvalue weighted by Crippen LogP contribution is 2.42. The first-order valence-electron chi connectivity index (χ1n) is 8.68. The Morgan fingerprint density at radius 2 is 1.59 bits per heavy atom. The SMILES string of the molecule is O=C(C[n+]1ccc(Cc2ccccc2)cc1)Nc1ccc2c(c1)OC(F)(F)O2.[Cl-]. The van der Waals surface area contributed by atoms with Crippen molar-refractivity contribution in [1.29, 1.82) is 0 Å². The molecule has 0 spiro atoms. The second-order valence-electron chi connectivity index (χ2n) is 6.42. The standard InChI is InChI=1S/C21H16F2N2O3.ClH/c22-21(23)27-18-7-6-17(13-19(18)28-21)24-20(26)14-25-10-8-16(9-11-25)12-15-4-2-1-3-5-15;/h1-11,13H,12,14H2;1H. The fourth-order valence-electron chi connectivity index (χ4n) is 2.94. The number of nitrogens with zero attached hydrogens (tertiary/aromatic N) is 1. The van der Waals surface area contributed by atoms with Gasteiger partial charge in [0.15, 0.2) is 23.9 Å². The third kappa shape index (κ3) is 5.20. The molecule has 2 aromatic carbocycles. The molecular weight excluding hydrogens is 402 g/mol. The van der Waals surface area contributed by atoms with E-state index in [1.165, 1.54) is 23.8 Å². The molecule has 3 aromatic rings. The zero-order valence-corrected chi connectivity index (χ0v) is 15.9. The van der Waals surface area contributed by atoms with Crippen LogP contribution in [-0.2, 0) is 17.8 Å². The lowest BCUT2D eigenvalue weighted by molar-refractivity contribution is -0.684. The number of benzene rings is 2. The number of fused-ring (bicyclic) bond motifs is 1. The van der Waals surface area contributed by atoms with Crippen molar-refractivity contribution in [2.75, 3.05) is 5.32 Å². The highest BCUT2D eigenvalue weighted by atomic mass is 35.5. The number of alkyl halides is 2. The number of amides is 1. The van der Waals surface area contributed by atoms with E-state index in [0.29, 0.717) is 5.69 Å². The number of ether oxygens (including phenoxy) is 2. The van der Waals surface area contributed by atoms with Gasteiger partial charge in [0, 0.05) is 23.9 Å². The first kappa shape index (κ1) is 20.5. The lowest BCUT2D eigenvalue weighted by Crippen LogP contribution is -3.00. The largest absolute Gasteiger partial charge is 1.00 e. The Kier molecular flexibility index (Phi) is 5.98. The lowest BCUT2D eigenvalue weighted by atomic mass is 10.1. The van der Waals surface area contributed by atoms with Crippen molar-refractivity contribution in [3.05, 3.63) is 84.2 Å². The number of rotatable bonds is 5. The van der Waals surface area contributed by atoms with E-state index in [-0.39, 0.29) is 36.4 Å². The van der Waals surface area contributed by atoms with E-state index in [1.807, 2.05) is 42.7 Å². The van der Waals surface area contributed by atoms with Crippen molar-refractivity contribution < 1.29 is 40.0 Å². The van der Waals surface area contributed by atoms with Gasteiger partial charge in [-0.2, -0.15) is 4.57 Å². The minimum atomic E-state index is -3.68. The van der Waals surface area contributed by atoms with Crippen LogP contribution < -0.4 is 31.8 Å². The Morgan fingerprint density at radius 3 is 2.31 bits per heavy atom. The maximum atomic E-state index is 13.1. The van der Waals surface area contributed by atoms with Crippen LogP contribution in [0.4, 0.5) is 14.5 Å². The quantitative estimate of drug-likeness (QED) is 0.615. The smallest absolute Gasteiger partial charge is 0.586 e. The highest BCUT2D eigenvalue weighted by Gasteiger charge is 2.43. The van der Waals surface area contributed by atoms with E-state index in [0.717, 1.165) is 12.0 Å². The van der Waals surface area contributed by atoms with Gasteiger partial charge in [-0.3, -0.25) is 4.79 Å². The Morgan fingerprint density at radius 1 is 0.931 bits per heavy atom. The summed E-state index contributed by atoms with van der Waals surface area (Å²) in [5.41, 5.74) is 2.71. The van der Waals surface area contributed by atoms with Crippen LogP contribution >= 0.6 is 0 Å². The molecule has 8 heteroatoms. The molecular formula is C21H17ClF2N2O3. The molecule has 0 saturated heterocycles. The Bertz CT molecular complexity index is 999. The van der Waals surface area contributed by atoms with Crippen LogP contribution in [0, 0.1) is 0 Å². The predicted octanol–water partition coefficient (Wildman–Crippen LogP) is 0.529. The van der Waals surface area contributed by atoms with Crippen LogP contribution in [0.15, 0.2) is 73.1 Å². The summed E-state index contributed by atoms with van der Waals surface area (Å²) in [5, 5.41) is 2.66. The van der Waals surface area contributed by atoms with Crippen molar-refractivity contribution >= 4 is 11.6 Å². The van der Waals surface area contributed by atoms with Crippen molar-refractivity contribution in [3.63, 3.8) is 0 Å². The number of carbonyl (C=O) groups excluding carboxylic acids is 1. The fourth-order valence-corrected chi connectivity index (χ4v) is 2.94. The van der Waals surface area contributed by atoms with Crippen molar-refractivity contribution in [1.82, 2.24) is 0 Å². The zero-order chi connectivity index (χ0) is 19.6. The third-order valence-corrected chi connectivity index (χ3v) is 4.22. The number of halogens is 3. The molecule has 1 aliphatic rings. The first-order chi connectivity index (χ1) is 13.5. The van der Waals surface area contributed by atoms with Gasteiger partial charge in [-0.25, -0.2) is 0 Å². The molecule has 4 rings (SSSR count). The molecule has 2 heterocycles. The molecule has 1 N–H and O–H groups in total. The van der Waals surface area contributed by atoms with Gasteiger partial charge in [-0.15, -0.1) is 8.78 Å². The molecule has 0 radical (unpaired) electrons. The van der Waals surface area contributed by atoms with Crippen LogP contribution in [0.2, 0.25) is 0 Å². The van der Waals surface area contributed by atoms with E-state index in [9.17, 15) is 13.6 Å². The molecule has 0 aliphatic carbocycles. The molecule has 1 amide bonds. The molecule has 0 unspecified atom stereocenters. The molecule has 150 valence electrons. The summed E-state index contributed by atoms with van der Waals surface area (Å²) in [6.07, 6.45) is 0.800. The number of nitrogens with one attached hydrogen (secondary N) is 1. The van der Waals surface area contributed by atoms with E-state index >= 15 is 0 Å². The van der Waals surface area contributed by atoms with Gasteiger partial charge in [0.25, 0.3) is 5.91 Å². The lowest BCUT2D eigenvalue weighted by Gasteiger charge is -2.05. The summed E-state index contributed by atoms with van der Waals surface area (Å²) in [7, 11) is 0. The highest BCUT2D eigenvalue weighted by molar-refractivity contribution is 5.90. The van der Waals surface area contributed by atoms with Gasteiger partial charge >= 0.3 is 6.29 Å². The Balaban J connectivity index is 0.00000240. The molecule has 0 bridgehead atoms. The number of anilines is 1. The minimum absolute atomic E-state index is 0. The van der Waals surface area contributed by atoms with E-state index in [1.54, 1.807) is 4.57 Å². The van der Waals surface area contributed by atoms with Crippen molar-refractivity contribution in [2.24, 2.45) is 0 Å². The van der Waals surface area contributed by atoms with Gasteiger partial charge in [-0.1, -0.05) is 30.3 Å². The molecule has 29 heavy (non-hydrogen) atoms. The number of hydrogen-bond donors (Lipinski definition) is 1. The third-order valence-electron chi connectivity index (χ3n) is 4.22. The molecule has 5 nitrogen and oxygen atoms in total. The minimum Gasteiger partial charge on any atom is -1.00 e. The van der Waals surface area contributed by atoms with Crippen LogP contribution in [-0.4, -0.2) is 12.2 Å². The maximum Gasteiger partial charge on any atom is 0.586 e. The van der Waals surface area contributed by atoms with Crippen molar-refractivity contribution in [2.45, 2.75) is 19.3 Å². The van der Waals surface area contributed by atoms with Crippen LogP contribution in [0.3, 0.4) is 0 Å². The second kappa shape index (κ2) is 8.45. The van der Waals surface area contributed by atoms with Gasteiger partial charge in [0.05, 0.1) is 0 Å². The normalized spacial score (nSPS) is 13.4. The molecule has 0 saturated carbocycles. The van der Waals surface area contributed by atoms with Crippen LogP contribution in [0.1, 0.15) is 11.1 Å². The van der Waals surface area contributed by atoms with Crippen LogP contribution in [0.25, 0.3) is 0 Å². The van der Waals surface area contributed by atoms with Gasteiger partial charge < -0.3 is 27.2 Å². The number of hydrogen-bond acceptors (Lipinski definition) is 3. The summed E-state index contributed by atoms with van der Waals surface area (Å²) in [6.45, 7) is 0.0935. The zero-order valence-electron chi connectivity index (χ0n) is 15.1. The summed E-state index contributed by atoms with van der Waals surface area (Å²) in [6, 6.07) is 18.2. The van der Waals surface area contributed by atoms with Crippen LogP contribution in [0.5, 0.6) is 11.5 Å². The summed E-state index contributed by atoms with van der Waals surface area (Å²) < 4.78 is 36.6. The number of aromatic nitrogens is 1. The van der Waals surface area contributed by atoms with Crippen molar-refractivity contribution in [3.8, 4) is 11.5 Å². The van der Waals surface area contributed by atoms with E-state index in [4.69, 9.17) is 0 Å². The number of pyridine rings is 1. The molecule has 1 aliphatic heterocycles. The topological polar surface area (TPSA) is 51.4 Å².